The second kappa shape index (κ2) is 5.95. The molecule has 0 heterocycles. The van der Waals surface area contributed by atoms with Gasteiger partial charge in [-0.25, -0.2) is 0 Å². The van der Waals surface area contributed by atoms with Crippen LogP contribution in [0.25, 0.3) is 0 Å². The Balaban J connectivity index is 2.43. The number of benzene rings is 1. The molecule has 0 aliphatic heterocycles. The van der Waals surface area contributed by atoms with E-state index in [9.17, 15) is 0 Å². The summed E-state index contributed by atoms with van der Waals surface area (Å²) in [5, 5.41) is 0. The molecule has 0 N–H and O–H groups in total. The summed E-state index contributed by atoms with van der Waals surface area (Å²) in [5.41, 5.74) is 2.88. The maximum Gasteiger partial charge on any atom is -0.0190 e. The zero-order chi connectivity index (χ0) is 11.3. The first kappa shape index (κ1) is 12.3. The fourth-order valence-electron chi connectivity index (χ4n) is 1.98. The molecule has 0 amide bonds. The standard InChI is InChI=1S/C15H24/c1-12(2)7-5-9-14(4)15-10-6-8-13(3)11-15/h6,8,10-12,14H,5,7,9H2,1-4H3. The lowest BCUT2D eigenvalue weighted by Gasteiger charge is -2.13. The van der Waals surface area contributed by atoms with Crippen molar-refractivity contribution in [1.82, 2.24) is 0 Å². The quantitative estimate of drug-likeness (QED) is 0.638. The van der Waals surface area contributed by atoms with Crippen molar-refractivity contribution in [3.8, 4) is 0 Å². The SMILES string of the molecule is Cc1cccc(C(C)CCCC(C)C)c1. The highest BCUT2D eigenvalue weighted by molar-refractivity contribution is 5.24. The second-order valence-electron chi connectivity index (χ2n) is 5.14. The van der Waals surface area contributed by atoms with Crippen LogP contribution in [-0.4, -0.2) is 0 Å². The number of hydrogen-bond acceptors (Lipinski definition) is 0. The van der Waals surface area contributed by atoms with Gasteiger partial charge in [-0.15, -0.1) is 0 Å². The Labute approximate surface area is 94.7 Å². The molecule has 1 atom stereocenters. The van der Waals surface area contributed by atoms with Crippen molar-refractivity contribution in [2.24, 2.45) is 5.92 Å². The van der Waals surface area contributed by atoms with E-state index >= 15 is 0 Å². The van der Waals surface area contributed by atoms with Gasteiger partial charge < -0.3 is 0 Å². The Hall–Kier alpha value is -0.780. The van der Waals surface area contributed by atoms with Gasteiger partial charge in [0.25, 0.3) is 0 Å². The highest BCUT2D eigenvalue weighted by Crippen LogP contribution is 2.23. The van der Waals surface area contributed by atoms with Crippen LogP contribution in [0.5, 0.6) is 0 Å². The molecule has 0 saturated carbocycles. The van der Waals surface area contributed by atoms with Crippen LogP contribution in [0.3, 0.4) is 0 Å². The summed E-state index contributed by atoms with van der Waals surface area (Å²) < 4.78 is 0. The average molecular weight is 204 g/mol. The predicted octanol–water partition coefficient (Wildman–Crippen LogP) is 4.92. The molecule has 0 radical (unpaired) electrons. The topological polar surface area (TPSA) is 0 Å². The number of hydrogen-bond donors (Lipinski definition) is 0. The Bertz CT molecular complexity index is 286. The van der Waals surface area contributed by atoms with E-state index in [1.54, 1.807) is 0 Å². The van der Waals surface area contributed by atoms with Gasteiger partial charge in [-0.2, -0.15) is 0 Å². The molecule has 0 aliphatic carbocycles. The smallest absolute Gasteiger partial charge is 0.0190 e. The van der Waals surface area contributed by atoms with Crippen molar-refractivity contribution in [2.45, 2.75) is 52.9 Å². The second-order valence-corrected chi connectivity index (χ2v) is 5.14. The van der Waals surface area contributed by atoms with Gasteiger partial charge in [0.15, 0.2) is 0 Å². The van der Waals surface area contributed by atoms with Crippen LogP contribution < -0.4 is 0 Å². The van der Waals surface area contributed by atoms with Crippen molar-refractivity contribution >= 4 is 0 Å². The van der Waals surface area contributed by atoms with Crippen molar-refractivity contribution in [3.63, 3.8) is 0 Å². The maximum atomic E-state index is 2.34. The van der Waals surface area contributed by atoms with E-state index < -0.39 is 0 Å². The molecule has 0 aliphatic rings. The lowest BCUT2D eigenvalue weighted by Crippen LogP contribution is -1.96. The lowest BCUT2D eigenvalue weighted by molar-refractivity contribution is 0.512. The first-order chi connectivity index (χ1) is 7.09. The summed E-state index contributed by atoms with van der Waals surface area (Å²) in [6.45, 7) is 9.12. The summed E-state index contributed by atoms with van der Waals surface area (Å²) >= 11 is 0. The van der Waals surface area contributed by atoms with Crippen molar-refractivity contribution < 1.29 is 0 Å². The third kappa shape index (κ3) is 4.51. The largest absolute Gasteiger partial charge is 0.0628 e. The summed E-state index contributed by atoms with van der Waals surface area (Å²) in [5.74, 6) is 1.55. The Kier molecular flexibility index (Phi) is 4.87. The Morgan fingerprint density at radius 2 is 1.80 bits per heavy atom. The monoisotopic (exact) mass is 204 g/mol. The zero-order valence-corrected chi connectivity index (χ0v) is 10.6. The van der Waals surface area contributed by atoms with Crippen LogP contribution >= 0.6 is 0 Å². The van der Waals surface area contributed by atoms with E-state index in [-0.39, 0.29) is 0 Å². The molecule has 1 aromatic carbocycles. The van der Waals surface area contributed by atoms with Crippen LogP contribution in [0.2, 0.25) is 0 Å². The van der Waals surface area contributed by atoms with E-state index in [1.165, 1.54) is 30.4 Å². The molecule has 1 rings (SSSR count). The van der Waals surface area contributed by atoms with Crippen LogP contribution in [0.4, 0.5) is 0 Å². The lowest BCUT2D eigenvalue weighted by atomic mass is 9.93. The van der Waals surface area contributed by atoms with E-state index in [0.29, 0.717) is 5.92 Å². The molecule has 0 spiro atoms. The summed E-state index contributed by atoms with van der Waals surface area (Å²) in [7, 11) is 0. The molecule has 0 bridgehead atoms. The summed E-state index contributed by atoms with van der Waals surface area (Å²) in [6.07, 6.45) is 4.03. The van der Waals surface area contributed by atoms with E-state index in [0.717, 1.165) is 5.92 Å². The third-order valence-corrected chi connectivity index (χ3v) is 3.03. The first-order valence-electron chi connectivity index (χ1n) is 6.16. The summed E-state index contributed by atoms with van der Waals surface area (Å²) in [6, 6.07) is 8.92. The van der Waals surface area contributed by atoms with Gasteiger partial charge in [0, 0.05) is 0 Å². The molecule has 84 valence electrons. The fraction of sp³-hybridized carbons (Fsp3) is 0.600. The predicted molar refractivity (Wildman–Crippen MR) is 68.3 cm³/mol. The molecule has 0 fully saturated rings. The molecule has 0 heteroatoms. The molecule has 0 saturated heterocycles. The van der Waals surface area contributed by atoms with Crippen molar-refractivity contribution in [1.29, 1.82) is 0 Å². The van der Waals surface area contributed by atoms with Gasteiger partial charge in [0.05, 0.1) is 0 Å². The maximum absolute atomic E-state index is 2.34. The molecule has 1 unspecified atom stereocenters. The van der Waals surface area contributed by atoms with Gasteiger partial charge in [0.1, 0.15) is 0 Å². The Morgan fingerprint density at radius 1 is 1.07 bits per heavy atom. The normalized spacial score (nSPS) is 13.1. The highest BCUT2D eigenvalue weighted by atomic mass is 14.1. The van der Waals surface area contributed by atoms with Gasteiger partial charge in [-0.05, 0) is 30.7 Å². The van der Waals surface area contributed by atoms with Crippen LogP contribution in [0.15, 0.2) is 24.3 Å². The van der Waals surface area contributed by atoms with Crippen LogP contribution in [-0.2, 0) is 0 Å². The minimum absolute atomic E-state index is 0.712. The van der Waals surface area contributed by atoms with Gasteiger partial charge in [-0.1, -0.05) is 63.4 Å². The number of rotatable bonds is 5. The molecule has 0 aromatic heterocycles. The van der Waals surface area contributed by atoms with Gasteiger partial charge >= 0.3 is 0 Å². The molecule has 0 nitrogen and oxygen atoms in total. The van der Waals surface area contributed by atoms with Crippen LogP contribution in [0, 0.1) is 12.8 Å². The minimum Gasteiger partial charge on any atom is -0.0628 e. The molecule has 1 aromatic rings. The average Bonchev–Trinajstić information content (AvgIpc) is 2.17. The molecular formula is C15H24. The van der Waals surface area contributed by atoms with E-state index in [2.05, 4.69) is 52.0 Å². The highest BCUT2D eigenvalue weighted by Gasteiger charge is 2.05. The van der Waals surface area contributed by atoms with E-state index in [1.807, 2.05) is 0 Å². The first-order valence-corrected chi connectivity index (χ1v) is 6.16. The van der Waals surface area contributed by atoms with Crippen LogP contribution in [0.1, 0.15) is 57.1 Å². The van der Waals surface area contributed by atoms with Crippen molar-refractivity contribution in [3.05, 3.63) is 35.4 Å². The van der Waals surface area contributed by atoms with Gasteiger partial charge in [-0.3, -0.25) is 0 Å². The minimum atomic E-state index is 0.712. The number of aryl methyl sites for hydroxylation is 1. The summed E-state index contributed by atoms with van der Waals surface area (Å²) in [4.78, 5) is 0. The van der Waals surface area contributed by atoms with E-state index in [4.69, 9.17) is 0 Å². The fourth-order valence-corrected chi connectivity index (χ4v) is 1.98. The van der Waals surface area contributed by atoms with Crippen molar-refractivity contribution in [2.75, 3.05) is 0 Å². The van der Waals surface area contributed by atoms with Gasteiger partial charge in [0.2, 0.25) is 0 Å². The Morgan fingerprint density at radius 3 is 2.40 bits per heavy atom. The molecule has 15 heavy (non-hydrogen) atoms. The third-order valence-electron chi connectivity index (χ3n) is 3.03. The zero-order valence-electron chi connectivity index (χ0n) is 10.6. The molecular weight excluding hydrogens is 180 g/mol.